The van der Waals surface area contributed by atoms with Crippen molar-refractivity contribution in [1.82, 2.24) is 0 Å². The second-order valence-electron chi connectivity index (χ2n) is 11.5. The Bertz CT molecular complexity index is 1420. The number of ether oxygens (including phenoxy) is 4. The smallest absolute Gasteiger partial charge is 0.438 e. The summed E-state index contributed by atoms with van der Waals surface area (Å²) in [4.78, 5) is 26.6. The number of hydrogen-bond donors (Lipinski definition) is 0. The Morgan fingerprint density at radius 3 is 1.71 bits per heavy atom. The zero-order chi connectivity index (χ0) is 32.2. The van der Waals surface area contributed by atoms with Crippen LogP contribution in [0.4, 0.5) is 9.59 Å². The lowest BCUT2D eigenvalue weighted by Gasteiger charge is -2.28. The third-order valence-corrected chi connectivity index (χ3v) is 11.5. The van der Waals surface area contributed by atoms with E-state index in [1.54, 1.807) is 70.2 Å². The molecule has 17 heteroatoms. The second-order valence-corrected chi connectivity index (χ2v) is 15.2. The van der Waals surface area contributed by atoms with Crippen LogP contribution in [0.1, 0.15) is 25.0 Å². The van der Waals surface area contributed by atoms with E-state index >= 15 is 0 Å². The molecule has 10 atom stereocenters. The van der Waals surface area contributed by atoms with Gasteiger partial charge in [0.1, 0.15) is 28.2 Å². The van der Waals surface area contributed by atoms with Gasteiger partial charge >= 0.3 is 26.6 Å². The van der Waals surface area contributed by atoms with Crippen molar-refractivity contribution < 1.29 is 55.8 Å². The van der Waals surface area contributed by atoms with Gasteiger partial charge in [-0.3, -0.25) is 18.1 Å². The van der Waals surface area contributed by atoms with E-state index in [-0.39, 0.29) is 26.4 Å². The highest BCUT2D eigenvalue weighted by Crippen LogP contribution is 2.57. The molecule has 0 spiro atoms. The highest BCUT2D eigenvalue weighted by molar-refractivity contribution is 7.71. The van der Waals surface area contributed by atoms with Crippen LogP contribution in [0, 0.1) is 11.8 Å². The number of hydrogen-bond acceptors (Lipinski definition) is 12. The summed E-state index contributed by atoms with van der Waals surface area (Å²) in [5.74, 6) is -1.04. The molecule has 0 aromatic heterocycles. The van der Waals surface area contributed by atoms with Gasteiger partial charge in [0, 0.05) is 17.8 Å². The van der Waals surface area contributed by atoms with E-state index < -0.39 is 74.9 Å². The van der Waals surface area contributed by atoms with Crippen LogP contribution in [0.15, 0.2) is 60.7 Å². The Hall–Kier alpha value is -2.21. The van der Waals surface area contributed by atoms with Gasteiger partial charge in [-0.25, -0.2) is 18.7 Å². The molecule has 240 valence electrons. The summed E-state index contributed by atoms with van der Waals surface area (Å²) in [6, 6.07) is 16.7. The maximum Gasteiger partial charge on any atom is 0.438 e. The second kappa shape index (κ2) is 14.7. The zero-order valence-corrected chi connectivity index (χ0v) is 27.5. The van der Waals surface area contributed by atoms with Crippen LogP contribution in [0.2, 0.25) is 0 Å². The Morgan fingerprint density at radius 1 is 0.778 bits per heavy atom. The van der Waals surface area contributed by atoms with E-state index in [4.69, 9.17) is 37.0 Å². The standard InChI is InChI=1S/C28H37B3O12P2/c1-17-21-15-38-45(35,28(33)37-14-20-11-7-4-8-12-20)43-24-18(2)22(41-26(24)31-30)16-39-44(34,42-23(17)25(29)40-21)27(32)36-13-19-9-5-3-6-10-19/h3-12,17-18,21-26,31H,13-16,29-30H2,1-2H3/t17-,18-,21-,22-,23-,24-,25-,26-,44?,45?/m1/s1. The van der Waals surface area contributed by atoms with Gasteiger partial charge in [0.15, 0.2) is 0 Å². The predicted octanol–water partition coefficient (Wildman–Crippen LogP) is 3.20. The molecule has 3 aliphatic rings. The first-order valence-electron chi connectivity index (χ1n) is 15.1. The molecule has 3 saturated heterocycles. The lowest BCUT2D eigenvalue weighted by molar-refractivity contribution is 0.0119. The van der Waals surface area contributed by atoms with Crippen LogP contribution < -0.4 is 0 Å². The molecule has 2 aromatic rings. The Balaban J connectivity index is 1.40. The lowest BCUT2D eigenvalue weighted by atomic mass is 9.50. The summed E-state index contributed by atoms with van der Waals surface area (Å²) in [7, 11) is -5.12. The van der Waals surface area contributed by atoms with E-state index in [0.29, 0.717) is 18.3 Å². The molecule has 2 unspecified atom stereocenters. The number of benzene rings is 2. The van der Waals surface area contributed by atoms with Crippen molar-refractivity contribution in [1.29, 1.82) is 0 Å². The SMILES string of the molecule is BB[C@@H]1O[C@@H]2COP(=O)(C(=O)OCc3ccccc3)O[C@@H]3[C@H](C)[C@@H](COP(=O)(C(=O)OCc4ccccc4)O[C@@H]1[C@@H]2C)O[C@H]3B. The Morgan fingerprint density at radius 2 is 1.22 bits per heavy atom. The molecule has 0 aliphatic carbocycles. The molecular weight excluding hydrogens is 623 g/mol. The number of rotatable bonds is 7. The van der Waals surface area contributed by atoms with Gasteiger partial charge < -0.3 is 18.9 Å². The summed E-state index contributed by atoms with van der Waals surface area (Å²) in [5, 5.41) is 0. The third-order valence-electron chi connectivity index (χ3n) is 8.38. The van der Waals surface area contributed by atoms with Gasteiger partial charge in [-0.15, -0.1) is 0 Å². The lowest BCUT2D eigenvalue weighted by Crippen LogP contribution is -2.35. The van der Waals surface area contributed by atoms with E-state index in [0.717, 1.165) is 0 Å². The molecular formula is C28H37B3O12P2. The van der Waals surface area contributed by atoms with Crippen molar-refractivity contribution in [2.75, 3.05) is 13.2 Å². The fraction of sp³-hybridized carbons (Fsp3) is 0.500. The maximum atomic E-state index is 14.2. The largest absolute Gasteiger partial charge is 0.452 e. The molecule has 0 N–H and O–H groups in total. The van der Waals surface area contributed by atoms with Crippen molar-refractivity contribution in [3.05, 3.63) is 71.8 Å². The van der Waals surface area contributed by atoms with Crippen molar-refractivity contribution in [2.24, 2.45) is 11.8 Å². The average molecular weight is 660 g/mol. The highest BCUT2D eigenvalue weighted by atomic mass is 31.2. The molecule has 2 aromatic carbocycles. The van der Waals surface area contributed by atoms with Crippen LogP contribution in [-0.2, 0) is 59.4 Å². The number of fused-ring (bicyclic) bond motifs is 4. The monoisotopic (exact) mass is 660 g/mol. The molecule has 45 heavy (non-hydrogen) atoms. The van der Waals surface area contributed by atoms with Crippen LogP contribution >= 0.6 is 15.2 Å². The molecule has 0 amide bonds. The average Bonchev–Trinajstić information content (AvgIpc) is 3.49. The van der Waals surface area contributed by atoms with Gasteiger partial charge in [0.2, 0.25) is 0 Å². The van der Waals surface area contributed by atoms with Crippen LogP contribution in [0.5, 0.6) is 0 Å². The normalized spacial score (nSPS) is 36.8. The summed E-state index contributed by atoms with van der Waals surface area (Å²) in [5.41, 5.74) is -0.854. The predicted molar refractivity (Wildman–Crippen MR) is 170 cm³/mol. The van der Waals surface area contributed by atoms with Crippen molar-refractivity contribution in [3.63, 3.8) is 0 Å². The Kier molecular flexibility index (Phi) is 11.1. The zero-order valence-electron chi connectivity index (χ0n) is 25.7. The first-order chi connectivity index (χ1) is 21.5. The van der Waals surface area contributed by atoms with E-state index in [1.807, 2.05) is 19.9 Å². The number of carbonyl (C=O) groups excluding carboxylic acids is 2. The maximum absolute atomic E-state index is 14.2. The van der Waals surface area contributed by atoms with Gasteiger partial charge in [-0.2, -0.15) is 0 Å². The summed E-state index contributed by atoms with van der Waals surface area (Å²) in [6.45, 7) is 2.61. The highest BCUT2D eigenvalue weighted by Gasteiger charge is 2.53. The minimum Gasteiger partial charge on any atom is -0.452 e. The molecule has 4 bridgehead atoms. The molecule has 5 rings (SSSR count). The third kappa shape index (κ3) is 7.85. The first kappa shape index (κ1) is 34.1. The fourth-order valence-electron chi connectivity index (χ4n) is 5.66. The van der Waals surface area contributed by atoms with Crippen LogP contribution in [0.3, 0.4) is 0 Å². The van der Waals surface area contributed by atoms with Gasteiger partial charge in [-0.1, -0.05) is 74.5 Å². The quantitative estimate of drug-likeness (QED) is 0.318. The molecule has 12 nitrogen and oxygen atoms in total. The minimum absolute atomic E-state index is 0.125. The van der Waals surface area contributed by atoms with Crippen LogP contribution in [-0.4, -0.2) is 83.8 Å². The first-order valence-corrected chi connectivity index (χ1v) is 18.2. The summed E-state index contributed by atoms with van der Waals surface area (Å²) >= 11 is 0. The van der Waals surface area contributed by atoms with Crippen LogP contribution in [0.25, 0.3) is 0 Å². The minimum atomic E-state index is -4.54. The number of carbonyl (C=O) groups is 2. The fourth-order valence-corrected chi connectivity index (χ4v) is 8.63. The van der Waals surface area contributed by atoms with Crippen molar-refractivity contribution in [2.45, 2.75) is 63.5 Å². The van der Waals surface area contributed by atoms with Crippen molar-refractivity contribution in [3.8, 4) is 0 Å². The molecule has 3 aliphatic heterocycles. The van der Waals surface area contributed by atoms with Gasteiger partial charge in [0.05, 0.1) is 51.4 Å². The molecule has 3 heterocycles. The van der Waals surface area contributed by atoms with Crippen molar-refractivity contribution >= 4 is 49.4 Å². The van der Waals surface area contributed by atoms with Gasteiger partial charge in [0.25, 0.3) is 0 Å². The topological polar surface area (TPSA) is 142 Å². The van der Waals surface area contributed by atoms with E-state index in [9.17, 15) is 18.7 Å². The molecule has 0 radical (unpaired) electrons. The Labute approximate surface area is 265 Å². The summed E-state index contributed by atoms with van der Waals surface area (Å²) < 4.78 is 74.8. The summed E-state index contributed by atoms with van der Waals surface area (Å²) in [6.07, 6.45) is -3.27. The van der Waals surface area contributed by atoms with Gasteiger partial charge in [-0.05, 0) is 11.1 Å². The molecule has 0 saturated carbocycles. The molecule has 3 fully saturated rings. The van der Waals surface area contributed by atoms with E-state index in [2.05, 4.69) is 0 Å². The van der Waals surface area contributed by atoms with E-state index in [1.165, 1.54) is 0 Å².